The van der Waals surface area contributed by atoms with E-state index in [4.69, 9.17) is 23.2 Å². The lowest BCUT2D eigenvalue weighted by Crippen LogP contribution is -2.32. The Balaban J connectivity index is 1.44. The highest BCUT2D eigenvalue weighted by Gasteiger charge is 2.39. The second kappa shape index (κ2) is 9.94. The summed E-state index contributed by atoms with van der Waals surface area (Å²) >= 11 is 12.4. The molecule has 6 nitrogen and oxygen atoms in total. The minimum Gasteiger partial charge on any atom is -0.350 e. The van der Waals surface area contributed by atoms with Crippen molar-refractivity contribution in [1.82, 2.24) is 0 Å². The number of imide groups is 1. The maximum atomic E-state index is 13.0. The molecular weight excluding hydrogens is 485 g/mol. The lowest BCUT2D eigenvalue weighted by Gasteiger charge is -2.18. The SMILES string of the molecule is Cc1ccc(NC(=O)Cc2ccc(NC3=C(Cl)C(=O)N(c4cccc(Cl)c4C)C3=O)cc2)c(C)c1. The van der Waals surface area contributed by atoms with Crippen molar-refractivity contribution >= 4 is 58.0 Å². The van der Waals surface area contributed by atoms with Crippen LogP contribution in [0, 0.1) is 20.8 Å². The van der Waals surface area contributed by atoms with E-state index in [-0.39, 0.29) is 23.1 Å². The van der Waals surface area contributed by atoms with E-state index in [1.165, 1.54) is 0 Å². The Hall–Kier alpha value is -3.61. The molecule has 8 heteroatoms. The molecule has 0 atom stereocenters. The zero-order valence-corrected chi connectivity index (χ0v) is 20.9. The van der Waals surface area contributed by atoms with E-state index in [0.717, 1.165) is 27.3 Å². The molecule has 0 saturated carbocycles. The van der Waals surface area contributed by atoms with E-state index in [2.05, 4.69) is 10.6 Å². The minimum atomic E-state index is -0.621. The van der Waals surface area contributed by atoms with Crippen LogP contribution < -0.4 is 15.5 Å². The maximum absolute atomic E-state index is 13.0. The van der Waals surface area contributed by atoms with Crippen molar-refractivity contribution in [2.24, 2.45) is 0 Å². The van der Waals surface area contributed by atoms with Crippen molar-refractivity contribution in [2.45, 2.75) is 27.2 Å². The van der Waals surface area contributed by atoms with Gasteiger partial charge in [-0.15, -0.1) is 0 Å². The smallest absolute Gasteiger partial charge is 0.283 e. The molecule has 35 heavy (non-hydrogen) atoms. The number of hydrogen-bond acceptors (Lipinski definition) is 4. The standard InChI is InChI=1S/C27H23Cl2N3O3/c1-15-7-12-21(16(2)13-15)31-23(33)14-18-8-10-19(11-9-18)30-25-24(29)26(34)32(27(25)35)22-6-4-5-20(28)17(22)3/h4-13,30H,14H2,1-3H3,(H,31,33). The van der Waals surface area contributed by atoms with Crippen molar-refractivity contribution in [3.05, 3.63) is 98.7 Å². The number of nitrogens with one attached hydrogen (secondary N) is 2. The summed E-state index contributed by atoms with van der Waals surface area (Å²) < 4.78 is 0. The molecule has 0 saturated heterocycles. The number of halogens is 2. The summed E-state index contributed by atoms with van der Waals surface area (Å²) in [4.78, 5) is 39.3. The molecule has 0 unspecified atom stereocenters. The molecule has 0 bridgehead atoms. The molecule has 2 N–H and O–H groups in total. The third kappa shape index (κ3) is 5.09. The predicted octanol–water partition coefficient (Wildman–Crippen LogP) is 5.88. The first-order chi connectivity index (χ1) is 16.7. The van der Waals surface area contributed by atoms with E-state index in [1.807, 2.05) is 32.0 Å². The zero-order valence-electron chi connectivity index (χ0n) is 19.4. The largest absolute Gasteiger partial charge is 0.350 e. The molecule has 3 aromatic rings. The minimum absolute atomic E-state index is 0.0172. The number of rotatable bonds is 6. The van der Waals surface area contributed by atoms with Crippen molar-refractivity contribution < 1.29 is 14.4 Å². The van der Waals surface area contributed by atoms with Gasteiger partial charge in [-0.25, -0.2) is 4.90 Å². The first-order valence-electron chi connectivity index (χ1n) is 10.9. The van der Waals surface area contributed by atoms with Gasteiger partial charge < -0.3 is 10.6 Å². The van der Waals surface area contributed by atoms with E-state index in [9.17, 15) is 14.4 Å². The van der Waals surface area contributed by atoms with Crippen LogP contribution in [0.2, 0.25) is 5.02 Å². The maximum Gasteiger partial charge on any atom is 0.283 e. The van der Waals surface area contributed by atoms with E-state index in [1.54, 1.807) is 49.4 Å². The number of nitrogens with zero attached hydrogens (tertiary/aromatic N) is 1. The van der Waals surface area contributed by atoms with Crippen LogP contribution in [-0.2, 0) is 20.8 Å². The highest BCUT2D eigenvalue weighted by molar-refractivity contribution is 6.53. The number of amides is 3. The summed E-state index contributed by atoms with van der Waals surface area (Å²) in [5.41, 5.74) is 5.23. The Morgan fingerprint density at radius 3 is 2.31 bits per heavy atom. The van der Waals surface area contributed by atoms with Crippen LogP contribution >= 0.6 is 23.2 Å². The highest BCUT2D eigenvalue weighted by atomic mass is 35.5. The van der Waals surface area contributed by atoms with Gasteiger partial charge >= 0.3 is 0 Å². The van der Waals surface area contributed by atoms with Gasteiger partial charge in [0.2, 0.25) is 5.91 Å². The van der Waals surface area contributed by atoms with Crippen molar-refractivity contribution in [2.75, 3.05) is 15.5 Å². The number of anilines is 3. The molecule has 1 aliphatic heterocycles. The Morgan fingerprint density at radius 2 is 1.63 bits per heavy atom. The number of benzene rings is 3. The molecule has 1 aliphatic rings. The number of carbonyl (C=O) groups excluding carboxylic acids is 3. The van der Waals surface area contributed by atoms with E-state index in [0.29, 0.717) is 22.0 Å². The third-order valence-electron chi connectivity index (χ3n) is 5.75. The van der Waals surface area contributed by atoms with Gasteiger partial charge in [0, 0.05) is 16.4 Å². The number of aryl methyl sites for hydroxylation is 2. The first kappa shape index (κ1) is 24.5. The number of hydrogen-bond donors (Lipinski definition) is 2. The van der Waals surface area contributed by atoms with Gasteiger partial charge in [0.1, 0.15) is 10.7 Å². The van der Waals surface area contributed by atoms with Crippen molar-refractivity contribution in [3.8, 4) is 0 Å². The van der Waals surface area contributed by atoms with Gasteiger partial charge in [-0.1, -0.05) is 59.1 Å². The Morgan fingerprint density at radius 1 is 0.914 bits per heavy atom. The molecule has 3 amide bonds. The Labute approximate surface area is 213 Å². The quantitative estimate of drug-likeness (QED) is 0.408. The highest BCUT2D eigenvalue weighted by Crippen LogP contribution is 2.34. The fraction of sp³-hybridized carbons (Fsp3) is 0.148. The van der Waals surface area contributed by atoms with Crippen LogP contribution in [0.15, 0.2) is 71.4 Å². The van der Waals surface area contributed by atoms with Crippen LogP contribution in [0.25, 0.3) is 0 Å². The predicted molar refractivity (Wildman–Crippen MR) is 140 cm³/mol. The van der Waals surface area contributed by atoms with E-state index < -0.39 is 11.8 Å². The molecule has 0 aliphatic carbocycles. The molecule has 0 spiro atoms. The fourth-order valence-electron chi connectivity index (χ4n) is 3.85. The van der Waals surface area contributed by atoms with Gasteiger partial charge in [-0.05, 0) is 67.8 Å². The Kier molecular flexibility index (Phi) is 6.96. The van der Waals surface area contributed by atoms with Crippen molar-refractivity contribution in [1.29, 1.82) is 0 Å². The monoisotopic (exact) mass is 507 g/mol. The molecule has 0 fully saturated rings. The molecule has 4 rings (SSSR count). The normalized spacial score (nSPS) is 13.5. The van der Waals surface area contributed by atoms with Gasteiger partial charge in [0.25, 0.3) is 11.8 Å². The molecule has 0 radical (unpaired) electrons. The van der Waals surface area contributed by atoms with E-state index >= 15 is 0 Å². The van der Waals surface area contributed by atoms with Crippen LogP contribution in [0.1, 0.15) is 22.3 Å². The first-order valence-corrected chi connectivity index (χ1v) is 11.7. The van der Waals surface area contributed by atoms with Gasteiger partial charge in [-0.3, -0.25) is 14.4 Å². The zero-order chi connectivity index (χ0) is 25.3. The molecule has 1 heterocycles. The third-order valence-corrected chi connectivity index (χ3v) is 6.51. The lowest BCUT2D eigenvalue weighted by atomic mass is 10.1. The summed E-state index contributed by atoms with van der Waals surface area (Å²) in [5.74, 6) is -1.32. The average molecular weight is 508 g/mol. The molecular formula is C27H23Cl2N3O3. The second-order valence-electron chi connectivity index (χ2n) is 8.38. The summed E-state index contributed by atoms with van der Waals surface area (Å²) in [6.45, 7) is 5.68. The van der Waals surface area contributed by atoms with Gasteiger partial charge in [-0.2, -0.15) is 0 Å². The Bertz CT molecular complexity index is 1380. The average Bonchev–Trinajstić information content (AvgIpc) is 3.02. The van der Waals surface area contributed by atoms with Crippen LogP contribution in [0.5, 0.6) is 0 Å². The number of carbonyl (C=O) groups is 3. The summed E-state index contributed by atoms with van der Waals surface area (Å²) in [6, 6.07) is 17.8. The second-order valence-corrected chi connectivity index (χ2v) is 9.17. The molecule has 0 aromatic heterocycles. The summed E-state index contributed by atoms with van der Waals surface area (Å²) in [6.07, 6.45) is 0.191. The van der Waals surface area contributed by atoms with Crippen LogP contribution in [0.3, 0.4) is 0 Å². The van der Waals surface area contributed by atoms with Gasteiger partial charge in [0.15, 0.2) is 0 Å². The summed E-state index contributed by atoms with van der Waals surface area (Å²) in [5, 5.41) is 6.11. The van der Waals surface area contributed by atoms with Crippen LogP contribution in [-0.4, -0.2) is 17.7 Å². The summed E-state index contributed by atoms with van der Waals surface area (Å²) in [7, 11) is 0. The van der Waals surface area contributed by atoms with Gasteiger partial charge in [0.05, 0.1) is 12.1 Å². The molecule has 3 aromatic carbocycles. The lowest BCUT2D eigenvalue weighted by molar-refractivity contribution is -0.120. The van der Waals surface area contributed by atoms with Crippen LogP contribution in [0.4, 0.5) is 17.1 Å². The fourth-order valence-corrected chi connectivity index (χ4v) is 4.23. The molecule has 178 valence electrons. The topological polar surface area (TPSA) is 78.5 Å². The van der Waals surface area contributed by atoms with Crippen molar-refractivity contribution in [3.63, 3.8) is 0 Å².